The van der Waals surface area contributed by atoms with E-state index in [0.29, 0.717) is 0 Å². The van der Waals surface area contributed by atoms with Gasteiger partial charge in [0, 0.05) is 12.8 Å². The lowest BCUT2D eigenvalue weighted by molar-refractivity contribution is 0.597. The molecule has 0 saturated carbocycles. The molecule has 0 N–H and O–H groups in total. The van der Waals surface area contributed by atoms with Crippen LogP contribution < -0.4 is 0 Å². The van der Waals surface area contributed by atoms with Crippen molar-refractivity contribution in [3.8, 4) is 0 Å². The minimum absolute atomic E-state index is 0.741. The molecule has 14 heavy (non-hydrogen) atoms. The molecule has 0 aliphatic rings. The van der Waals surface area contributed by atoms with Gasteiger partial charge in [0.2, 0.25) is 0 Å². The van der Waals surface area contributed by atoms with Crippen LogP contribution in [0.4, 0.5) is 0 Å². The molecule has 76 valence electrons. The Morgan fingerprint density at radius 2 is 1.86 bits per heavy atom. The number of benzene rings is 1. The van der Waals surface area contributed by atoms with Crippen molar-refractivity contribution in [3.05, 3.63) is 35.4 Å². The molecule has 1 aromatic rings. The van der Waals surface area contributed by atoms with Crippen LogP contribution in [-0.4, -0.2) is 12.8 Å². The number of aryl methyl sites for hydroxylation is 1. The molecule has 0 aliphatic carbocycles. The summed E-state index contributed by atoms with van der Waals surface area (Å²) in [5.41, 5.74) is 2.49. The van der Waals surface area contributed by atoms with Gasteiger partial charge in [0.25, 0.3) is 0 Å². The molecule has 0 radical (unpaired) electrons. The Bertz CT molecular complexity index is 283. The van der Waals surface area contributed by atoms with Crippen LogP contribution in [0.25, 0.3) is 0 Å². The van der Waals surface area contributed by atoms with Crippen LogP contribution in [-0.2, 0) is 0 Å². The van der Waals surface area contributed by atoms with Crippen LogP contribution in [0.1, 0.15) is 31.4 Å². The zero-order valence-corrected chi connectivity index (χ0v) is 9.33. The molecule has 1 aromatic carbocycles. The van der Waals surface area contributed by atoms with Crippen molar-refractivity contribution in [1.29, 1.82) is 0 Å². The Labute approximate surface area is 86.9 Å². The van der Waals surface area contributed by atoms with Crippen molar-refractivity contribution in [2.45, 2.75) is 27.2 Å². The Balaban J connectivity index is 2.40. The van der Waals surface area contributed by atoms with Gasteiger partial charge in [0.05, 0.1) is 0 Å². The number of aliphatic imine (C=N–C) groups is 1. The molecule has 1 nitrogen and oxygen atoms in total. The molecule has 1 heteroatoms. The quantitative estimate of drug-likeness (QED) is 0.643. The van der Waals surface area contributed by atoms with E-state index in [0.717, 1.165) is 12.5 Å². The maximum absolute atomic E-state index is 4.39. The topological polar surface area (TPSA) is 12.4 Å². The Hall–Kier alpha value is -1.11. The summed E-state index contributed by atoms with van der Waals surface area (Å²) in [4.78, 5) is 4.39. The molecule has 0 aromatic heterocycles. The van der Waals surface area contributed by atoms with Gasteiger partial charge >= 0.3 is 0 Å². The zero-order valence-electron chi connectivity index (χ0n) is 9.33. The standard InChI is InChI=1S/C13H19N/c1-11(2)8-9-14-10-13-6-4-12(3)5-7-13/h4-7,10-11H,8-9H2,1-3H3. The number of hydrogen-bond acceptors (Lipinski definition) is 1. The van der Waals surface area contributed by atoms with E-state index in [2.05, 4.69) is 50.0 Å². The third kappa shape index (κ3) is 4.22. The normalized spacial score (nSPS) is 11.4. The van der Waals surface area contributed by atoms with Gasteiger partial charge in [-0.05, 0) is 24.8 Å². The molecule has 0 unspecified atom stereocenters. The fourth-order valence-corrected chi connectivity index (χ4v) is 1.16. The van der Waals surface area contributed by atoms with Gasteiger partial charge in [0.15, 0.2) is 0 Å². The predicted octanol–water partition coefficient (Wildman–Crippen LogP) is 3.46. The van der Waals surface area contributed by atoms with Crippen LogP contribution in [0.3, 0.4) is 0 Å². The summed E-state index contributed by atoms with van der Waals surface area (Å²) in [5.74, 6) is 0.741. The molecule has 1 rings (SSSR count). The Morgan fingerprint density at radius 1 is 1.21 bits per heavy atom. The van der Waals surface area contributed by atoms with Crippen LogP contribution in [0.2, 0.25) is 0 Å². The van der Waals surface area contributed by atoms with Crippen LogP contribution in [0.5, 0.6) is 0 Å². The van der Waals surface area contributed by atoms with E-state index >= 15 is 0 Å². The summed E-state index contributed by atoms with van der Waals surface area (Å²) in [6, 6.07) is 8.44. The smallest absolute Gasteiger partial charge is 0.0391 e. The second-order valence-electron chi connectivity index (χ2n) is 4.13. The minimum Gasteiger partial charge on any atom is -0.293 e. The van der Waals surface area contributed by atoms with Gasteiger partial charge < -0.3 is 0 Å². The average molecular weight is 189 g/mol. The molecule has 0 heterocycles. The molecule has 0 amide bonds. The molecule has 0 atom stereocenters. The molecule has 0 saturated heterocycles. The van der Waals surface area contributed by atoms with Crippen molar-refractivity contribution in [3.63, 3.8) is 0 Å². The maximum Gasteiger partial charge on any atom is 0.0391 e. The summed E-state index contributed by atoms with van der Waals surface area (Å²) in [7, 11) is 0. The van der Waals surface area contributed by atoms with Gasteiger partial charge in [0.1, 0.15) is 0 Å². The van der Waals surface area contributed by atoms with Crippen molar-refractivity contribution in [2.75, 3.05) is 6.54 Å². The molecule has 0 fully saturated rings. The van der Waals surface area contributed by atoms with Crippen LogP contribution in [0.15, 0.2) is 29.3 Å². The molecule has 0 spiro atoms. The lowest BCUT2D eigenvalue weighted by Crippen LogP contribution is -1.91. The average Bonchev–Trinajstić information content (AvgIpc) is 2.15. The third-order valence-electron chi connectivity index (χ3n) is 2.15. The van der Waals surface area contributed by atoms with Crippen molar-refractivity contribution < 1.29 is 0 Å². The summed E-state index contributed by atoms with van der Waals surface area (Å²) in [6.07, 6.45) is 3.13. The largest absolute Gasteiger partial charge is 0.293 e. The highest BCUT2D eigenvalue weighted by atomic mass is 14.7. The second kappa shape index (κ2) is 5.58. The first-order chi connectivity index (χ1) is 6.68. The maximum atomic E-state index is 4.39. The summed E-state index contributed by atoms with van der Waals surface area (Å²) < 4.78 is 0. The second-order valence-corrected chi connectivity index (χ2v) is 4.13. The predicted molar refractivity (Wildman–Crippen MR) is 63.1 cm³/mol. The van der Waals surface area contributed by atoms with Crippen molar-refractivity contribution >= 4 is 6.21 Å². The lowest BCUT2D eigenvalue weighted by Gasteiger charge is -1.99. The van der Waals surface area contributed by atoms with Gasteiger partial charge in [-0.2, -0.15) is 0 Å². The molecular weight excluding hydrogens is 170 g/mol. The Morgan fingerprint density at radius 3 is 2.43 bits per heavy atom. The summed E-state index contributed by atoms with van der Waals surface area (Å²) in [5, 5.41) is 0. The SMILES string of the molecule is Cc1ccc(C=NCCC(C)C)cc1. The minimum atomic E-state index is 0.741. The fraction of sp³-hybridized carbons (Fsp3) is 0.462. The fourth-order valence-electron chi connectivity index (χ4n) is 1.16. The van der Waals surface area contributed by atoms with E-state index in [-0.39, 0.29) is 0 Å². The number of hydrogen-bond donors (Lipinski definition) is 0. The van der Waals surface area contributed by atoms with Gasteiger partial charge in [-0.15, -0.1) is 0 Å². The molecular formula is C13H19N. The van der Waals surface area contributed by atoms with Gasteiger partial charge in [-0.25, -0.2) is 0 Å². The zero-order chi connectivity index (χ0) is 10.4. The van der Waals surface area contributed by atoms with Crippen molar-refractivity contribution in [1.82, 2.24) is 0 Å². The van der Waals surface area contributed by atoms with E-state index in [9.17, 15) is 0 Å². The van der Waals surface area contributed by atoms with E-state index in [4.69, 9.17) is 0 Å². The molecule has 0 aliphatic heterocycles. The van der Waals surface area contributed by atoms with E-state index in [1.807, 2.05) is 6.21 Å². The lowest BCUT2D eigenvalue weighted by atomic mass is 10.1. The number of nitrogens with zero attached hydrogens (tertiary/aromatic N) is 1. The highest BCUT2D eigenvalue weighted by Crippen LogP contribution is 2.01. The summed E-state index contributed by atoms with van der Waals surface area (Å²) in [6.45, 7) is 7.48. The van der Waals surface area contributed by atoms with Crippen molar-refractivity contribution in [2.24, 2.45) is 10.9 Å². The van der Waals surface area contributed by atoms with E-state index in [1.165, 1.54) is 17.5 Å². The first kappa shape index (κ1) is 11.0. The van der Waals surface area contributed by atoms with Gasteiger partial charge in [-0.3, -0.25) is 4.99 Å². The van der Waals surface area contributed by atoms with E-state index in [1.54, 1.807) is 0 Å². The Kier molecular flexibility index (Phi) is 4.37. The van der Waals surface area contributed by atoms with Crippen LogP contribution in [0, 0.1) is 12.8 Å². The first-order valence-corrected chi connectivity index (χ1v) is 5.25. The monoisotopic (exact) mass is 189 g/mol. The third-order valence-corrected chi connectivity index (χ3v) is 2.15. The van der Waals surface area contributed by atoms with Crippen LogP contribution >= 0.6 is 0 Å². The highest BCUT2D eigenvalue weighted by molar-refractivity contribution is 5.79. The summed E-state index contributed by atoms with van der Waals surface area (Å²) >= 11 is 0. The molecule has 0 bridgehead atoms. The van der Waals surface area contributed by atoms with Gasteiger partial charge in [-0.1, -0.05) is 43.7 Å². The van der Waals surface area contributed by atoms with E-state index < -0.39 is 0 Å². The number of rotatable bonds is 4. The first-order valence-electron chi connectivity index (χ1n) is 5.25. The highest BCUT2D eigenvalue weighted by Gasteiger charge is 1.90.